The normalized spacial score (nSPS) is 10.8. The molecule has 3 amide bonds. The van der Waals surface area contributed by atoms with Gasteiger partial charge >= 0.3 is 6.09 Å². The first-order valence-corrected chi connectivity index (χ1v) is 13.3. The third-order valence-electron chi connectivity index (χ3n) is 5.12. The number of sulfonamides is 1. The number of benzene rings is 2. The first kappa shape index (κ1) is 29.4. The fourth-order valence-electron chi connectivity index (χ4n) is 3.25. The highest BCUT2D eigenvalue weighted by molar-refractivity contribution is 7.90. The minimum Gasteiger partial charge on any atom is -0.496 e. The second kappa shape index (κ2) is 13.6. The molecule has 0 bridgehead atoms. The SMILES string of the molecule is COc1ccc(Cl)cc1C(=O)NCCc1cccc(S(=O)(=O)NC(=O)c2ccc(OC(=O)NCCO)nc2)c1. The molecule has 39 heavy (non-hydrogen) atoms. The summed E-state index contributed by atoms with van der Waals surface area (Å²) in [5.41, 5.74) is 0.784. The summed E-state index contributed by atoms with van der Waals surface area (Å²) in [4.78, 5) is 40.2. The summed E-state index contributed by atoms with van der Waals surface area (Å²) in [6.07, 6.45) is 0.511. The molecule has 0 saturated carbocycles. The van der Waals surface area contributed by atoms with E-state index in [1.165, 1.54) is 43.5 Å². The van der Waals surface area contributed by atoms with Crippen molar-refractivity contribution in [1.29, 1.82) is 0 Å². The number of methoxy groups -OCH3 is 1. The van der Waals surface area contributed by atoms with E-state index in [1.807, 2.05) is 4.72 Å². The topological polar surface area (TPSA) is 173 Å². The summed E-state index contributed by atoms with van der Waals surface area (Å²) in [6, 6.07) is 13.0. The number of carbonyl (C=O) groups is 3. The van der Waals surface area contributed by atoms with Crippen molar-refractivity contribution < 1.29 is 37.4 Å². The molecule has 1 heterocycles. The standard InChI is InChI=1S/C25H25ClN4O8S/c1-37-21-7-6-18(26)14-20(21)24(33)27-10-9-16-3-2-4-19(13-16)39(35,36)30-23(32)17-5-8-22(29-15-17)38-25(34)28-11-12-31/h2-8,13-15,31H,9-12H2,1H3,(H,27,33)(H,28,34)(H,30,32). The fourth-order valence-corrected chi connectivity index (χ4v) is 4.46. The van der Waals surface area contributed by atoms with Gasteiger partial charge in [-0.3, -0.25) is 9.59 Å². The number of hydrogen-bond acceptors (Lipinski definition) is 9. The van der Waals surface area contributed by atoms with Crippen LogP contribution in [0.15, 0.2) is 65.7 Å². The Morgan fingerprint density at radius 3 is 2.49 bits per heavy atom. The van der Waals surface area contributed by atoms with E-state index in [4.69, 9.17) is 26.2 Å². The maximum atomic E-state index is 12.8. The van der Waals surface area contributed by atoms with Crippen LogP contribution in [-0.4, -0.2) is 63.2 Å². The fraction of sp³-hybridized carbons (Fsp3) is 0.200. The molecule has 206 valence electrons. The molecule has 0 saturated heterocycles. The van der Waals surface area contributed by atoms with Gasteiger partial charge in [0.15, 0.2) is 0 Å². The van der Waals surface area contributed by atoms with Crippen LogP contribution in [0, 0.1) is 0 Å². The van der Waals surface area contributed by atoms with Gasteiger partial charge in [0, 0.05) is 30.4 Å². The number of aliphatic hydroxyl groups excluding tert-OH is 1. The van der Waals surface area contributed by atoms with Gasteiger partial charge in [-0.25, -0.2) is 22.9 Å². The van der Waals surface area contributed by atoms with Gasteiger partial charge < -0.3 is 25.2 Å². The van der Waals surface area contributed by atoms with Crippen LogP contribution in [0.4, 0.5) is 4.79 Å². The molecule has 0 atom stereocenters. The van der Waals surface area contributed by atoms with E-state index in [-0.39, 0.29) is 41.6 Å². The molecule has 0 spiro atoms. The predicted molar refractivity (Wildman–Crippen MR) is 140 cm³/mol. The van der Waals surface area contributed by atoms with Crippen molar-refractivity contribution in [3.05, 3.63) is 82.5 Å². The van der Waals surface area contributed by atoms with Gasteiger partial charge in [0.1, 0.15) is 5.75 Å². The zero-order valence-electron chi connectivity index (χ0n) is 20.6. The van der Waals surface area contributed by atoms with E-state index in [2.05, 4.69) is 15.6 Å². The smallest absolute Gasteiger partial charge is 0.414 e. The lowest BCUT2D eigenvalue weighted by Gasteiger charge is -2.11. The Labute approximate surface area is 229 Å². The summed E-state index contributed by atoms with van der Waals surface area (Å²) in [5.74, 6) is -1.10. The van der Waals surface area contributed by atoms with Gasteiger partial charge in [0.2, 0.25) is 5.88 Å². The third-order valence-corrected chi connectivity index (χ3v) is 6.68. The lowest BCUT2D eigenvalue weighted by Crippen LogP contribution is -2.31. The molecule has 0 aliphatic carbocycles. The minimum atomic E-state index is -4.23. The highest BCUT2D eigenvalue weighted by Crippen LogP contribution is 2.22. The number of halogens is 1. The molecule has 3 rings (SSSR count). The molecule has 1 aromatic heterocycles. The molecule has 0 fully saturated rings. The van der Waals surface area contributed by atoms with E-state index in [9.17, 15) is 22.8 Å². The van der Waals surface area contributed by atoms with Gasteiger partial charge in [0.05, 0.1) is 29.7 Å². The molecule has 0 unspecified atom stereocenters. The second-order valence-electron chi connectivity index (χ2n) is 7.86. The molecule has 3 aromatic rings. The number of carbonyl (C=O) groups excluding carboxylic acids is 3. The van der Waals surface area contributed by atoms with Crippen LogP contribution < -0.4 is 24.8 Å². The van der Waals surface area contributed by atoms with Gasteiger partial charge in [-0.2, -0.15) is 0 Å². The van der Waals surface area contributed by atoms with Gasteiger partial charge in [-0.15, -0.1) is 0 Å². The van der Waals surface area contributed by atoms with E-state index in [0.717, 1.165) is 6.20 Å². The lowest BCUT2D eigenvalue weighted by molar-refractivity contribution is 0.0948. The maximum Gasteiger partial charge on any atom is 0.414 e. The van der Waals surface area contributed by atoms with Crippen molar-refractivity contribution in [3.8, 4) is 11.6 Å². The van der Waals surface area contributed by atoms with Crippen LogP contribution >= 0.6 is 11.6 Å². The molecular weight excluding hydrogens is 552 g/mol. The summed E-state index contributed by atoms with van der Waals surface area (Å²) in [7, 11) is -2.79. The van der Waals surface area contributed by atoms with Crippen molar-refractivity contribution in [2.75, 3.05) is 26.8 Å². The van der Waals surface area contributed by atoms with E-state index in [0.29, 0.717) is 22.8 Å². The highest BCUT2D eigenvalue weighted by atomic mass is 35.5. The average molecular weight is 577 g/mol. The van der Waals surface area contributed by atoms with Crippen LogP contribution in [0.3, 0.4) is 0 Å². The number of pyridine rings is 1. The lowest BCUT2D eigenvalue weighted by atomic mass is 10.1. The second-order valence-corrected chi connectivity index (χ2v) is 9.98. The van der Waals surface area contributed by atoms with Crippen LogP contribution in [0.5, 0.6) is 11.6 Å². The van der Waals surface area contributed by atoms with Crippen LogP contribution in [0.2, 0.25) is 5.02 Å². The van der Waals surface area contributed by atoms with Crippen LogP contribution in [0.25, 0.3) is 0 Å². The average Bonchev–Trinajstić information content (AvgIpc) is 2.92. The summed E-state index contributed by atoms with van der Waals surface area (Å²) < 4.78 is 37.6. The number of nitrogens with zero attached hydrogens (tertiary/aromatic N) is 1. The number of ether oxygens (including phenoxy) is 2. The maximum absolute atomic E-state index is 12.8. The van der Waals surface area contributed by atoms with E-state index in [1.54, 1.807) is 18.2 Å². The van der Waals surface area contributed by atoms with Crippen molar-refractivity contribution in [2.45, 2.75) is 11.3 Å². The van der Waals surface area contributed by atoms with Crippen molar-refractivity contribution in [1.82, 2.24) is 20.3 Å². The Balaban J connectivity index is 1.59. The Morgan fingerprint density at radius 2 is 1.79 bits per heavy atom. The molecule has 0 aliphatic heterocycles. The Kier molecular flexibility index (Phi) is 10.2. The first-order chi connectivity index (χ1) is 18.6. The number of hydrogen-bond donors (Lipinski definition) is 4. The summed E-state index contributed by atoms with van der Waals surface area (Å²) >= 11 is 5.97. The predicted octanol–water partition coefficient (Wildman–Crippen LogP) is 1.92. The number of amides is 3. The monoisotopic (exact) mass is 576 g/mol. The summed E-state index contributed by atoms with van der Waals surface area (Å²) in [5, 5.41) is 14.1. The zero-order chi connectivity index (χ0) is 28.4. The zero-order valence-corrected chi connectivity index (χ0v) is 22.2. The number of aromatic nitrogens is 1. The Bertz CT molecular complexity index is 1450. The summed E-state index contributed by atoms with van der Waals surface area (Å²) in [6.45, 7) is -0.0804. The van der Waals surface area contributed by atoms with Crippen molar-refractivity contribution >= 4 is 39.5 Å². The van der Waals surface area contributed by atoms with Gasteiger partial charge in [-0.1, -0.05) is 23.7 Å². The Morgan fingerprint density at radius 1 is 1.00 bits per heavy atom. The largest absolute Gasteiger partial charge is 0.496 e. The Hall–Kier alpha value is -4.20. The molecular formula is C25H25ClN4O8S. The molecule has 2 aromatic carbocycles. The minimum absolute atomic E-state index is 0.00867. The van der Waals surface area contributed by atoms with Gasteiger partial charge in [0.25, 0.3) is 21.8 Å². The molecule has 0 aliphatic rings. The van der Waals surface area contributed by atoms with Crippen molar-refractivity contribution in [2.24, 2.45) is 0 Å². The van der Waals surface area contributed by atoms with Crippen LogP contribution in [-0.2, 0) is 16.4 Å². The van der Waals surface area contributed by atoms with E-state index >= 15 is 0 Å². The van der Waals surface area contributed by atoms with Crippen LogP contribution in [0.1, 0.15) is 26.3 Å². The number of rotatable bonds is 11. The third kappa shape index (κ3) is 8.40. The molecule has 0 radical (unpaired) electrons. The highest BCUT2D eigenvalue weighted by Gasteiger charge is 2.20. The first-order valence-electron chi connectivity index (χ1n) is 11.4. The molecule has 14 heteroatoms. The quantitative estimate of drug-likeness (QED) is 0.266. The van der Waals surface area contributed by atoms with Gasteiger partial charge in [-0.05, 0) is 48.4 Å². The number of nitrogens with one attached hydrogen (secondary N) is 3. The molecule has 4 N–H and O–H groups in total. The number of aliphatic hydroxyl groups is 1. The molecule has 12 nitrogen and oxygen atoms in total. The van der Waals surface area contributed by atoms with E-state index < -0.39 is 27.9 Å². The van der Waals surface area contributed by atoms with Crippen molar-refractivity contribution in [3.63, 3.8) is 0 Å².